The van der Waals surface area contributed by atoms with Crippen molar-refractivity contribution in [1.82, 2.24) is 9.88 Å². The number of likely N-dealkylation sites (tertiary alicyclic amines) is 1. The number of carboxylic acid groups (broad SMARTS) is 1. The monoisotopic (exact) mass is 254 g/mol. The van der Waals surface area contributed by atoms with Gasteiger partial charge in [-0.2, -0.15) is 0 Å². The first-order valence-electron chi connectivity index (χ1n) is 5.98. The van der Waals surface area contributed by atoms with E-state index < -0.39 is 5.97 Å². The van der Waals surface area contributed by atoms with E-state index in [2.05, 4.69) is 22.2 Å². The summed E-state index contributed by atoms with van der Waals surface area (Å²) in [5.74, 6) is -0.663. The minimum absolute atomic E-state index is 0.223. The summed E-state index contributed by atoms with van der Waals surface area (Å²) in [6, 6.07) is 0. The lowest BCUT2D eigenvalue weighted by molar-refractivity contribution is -0.142. The first-order chi connectivity index (χ1) is 8.10. The molecule has 0 unspecified atom stereocenters. The van der Waals surface area contributed by atoms with Crippen molar-refractivity contribution in [1.29, 1.82) is 0 Å². The summed E-state index contributed by atoms with van der Waals surface area (Å²) in [6.45, 7) is 6.40. The van der Waals surface area contributed by atoms with Crippen molar-refractivity contribution in [3.63, 3.8) is 0 Å². The van der Waals surface area contributed by atoms with Crippen LogP contribution in [0.15, 0.2) is 5.38 Å². The molecule has 94 valence electrons. The summed E-state index contributed by atoms with van der Waals surface area (Å²) < 4.78 is 0. The number of carboxylic acids is 1. The Morgan fingerprint density at radius 3 is 2.94 bits per heavy atom. The molecule has 0 saturated carbocycles. The molecule has 2 heterocycles. The lowest BCUT2D eigenvalue weighted by Gasteiger charge is -2.12. The molecule has 2 rings (SSSR count). The fourth-order valence-electron chi connectivity index (χ4n) is 2.33. The van der Waals surface area contributed by atoms with E-state index in [4.69, 9.17) is 5.11 Å². The standard InChI is InChI=1S/C12H18N2O2S/c1-3-11-13-9(7-17-11)5-14-4-8(2)10(6-14)12(15)16/h7-8,10H,3-6H2,1-2H3,(H,15,16)/t8-,10-/m1/s1. The van der Waals surface area contributed by atoms with E-state index in [1.807, 2.05) is 6.92 Å². The maximum Gasteiger partial charge on any atom is 0.308 e. The summed E-state index contributed by atoms with van der Waals surface area (Å²) in [5, 5.41) is 12.3. The Bertz CT molecular complexity index is 405. The fraction of sp³-hybridized carbons (Fsp3) is 0.667. The number of carbonyl (C=O) groups is 1. The van der Waals surface area contributed by atoms with Crippen LogP contribution < -0.4 is 0 Å². The summed E-state index contributed by atoms with van der Waals surface area (Å²) in [7, 11) is 0. The summed E-state index contributed by atoms with van der Waals surface area (Å²) >= 11 is 1.69. The van der Waals surface area contributed by atoms with Crippen LogP contribution in [-0.4, -0.2) is 34.0 Å². The molecule has 2 atom stereocenters. The Morgan fingerprint density at radius 1 is 1.65 bits per heavy atom. The van der Waals surface area contributed by atoms with Gasteiger partial charge in [-0.3, -0.25) is 9.69 Å². The van der Waals surface area contributed by atoms with Gasteiger partial charge in [0.2, 0.25) is 0 Å². The zero-order valence-electron chi connectivity index (χ0n) is 10.2. The molecule has 1 aliphatic heterocycles. The van der Waals surface area contributed by atoms with Gasteiger partial charge in [0.05, 0.1) is 16.6 Å². The zero-order valence-corrected chi connectivity index (χ0v) is 11.0. The summed E-state index contributed by atoms with van der Waals surface area (Å²) in [5.41, 5.74) is 1.07. The van der Waals surface area contributed by atoms with Gasteiger partial charge >= 0.3 is 5.97 Å². The van der Waals surface area contributed by atoms with Crippen LogP contribution in [0.5, 0.6) is 0 Å². The van der Waals surface area contributed by atoms with E-state index in [1.165, 1.54) is 0 Å². The Balaban J connectivity index is 1.95. The molecule has 1 aliphatic rings. The highest BCUT2D eigenvalue weighted by Crippen LogP contribution is 2.25. The topological polar surface area (TPSA) is 53.4 Å². The second kappa shape index (κ2) is 5.14. The molecule has 0 spiro atoms. The maximum atomic E-state index is 11.0. The lowest BCUT2D eigenvalue weighted by atomic mass is 9.99. The van der Waals surface area contributed by atoms with Gasteiger partial charge in [-0.25, -0.2) is 4.98 Å². The molecule has 5 heteroatoms. The van der Waals surface area contributed by atoms with E-state index in [-0.39, 0.29) is 11.8 Å². The first kappa shape index (κ1) is 12.5. The molecule has 4 nitrogen and oxygen atoms in total. The van der Waals surface area contributed by atoms with Crippen molar-refractivity contribution < 1.29 is 9.90 Å². The minimum atomic E-state index is -0.674. The third kappa shape index (κ3) is 2.84. The number of thiazole rings is 1. The highest BCUT2D eigenvalue weighted by Gasteiger charge is 2.34. The van der Waals surface area contributed by atoms with E-state index in [1.54, 1.807) is 11.3 Å². The van der Waals surface area contributed by atoms with Crippen molar-refractivity contribution >= 4 is 17.3 Å². The molecule has 0 aliphatic carbocycles. The number of rotatable bonds is 4. The molecule has 1 aromatic rings. The molecule has 17 heavy (non-hydrogen) atoms. The number of hydrogen-bond acceptors (Lipinski definition) is 4. The van der Waals surface area contributed by atoms with Crippen molar-refractivity contribution in [3.8, 4) is 0 Å². The SMILES string of the molecule is CCc1nc(CN2C[C@@H](C)[C@H](C(=O)O)C2)cs1. The fourth-order valence-corrected chi connectivity index (χ4v) is 3.07. The van der Waals surface area contributed by atoms with Gasteiger partial charge in [-0.05, 0) is 12.3 Å². The number of aromatic nitrogens is 1. The van der Waals surface area contributed by atoms with Crippen LogP contribution in [0.1, 0.15) is 24.5 Å². The molecule has 0 bridgehead atoms. The van der Waals surface area contributed by atoms with Crippen molar-refractivity contribution in [2.24, 2.45) is 11.8 Å². The predicted octanol–water partition coefficient (Wildman–Crippen LogP) is 1.86. The van der Waals surface area contributed by atoms with Gasteiger partial charge in [-0.15, -0.1) is 11.3 Å². The third-order valence-corrected chi connectivity index (χ3v) is 4.33. The first-order valence-corrected chi connectivity index (χ1v) is 6.86. The summed E-state index contributed by atoms with van der Waals surface area (Å²) in [4.78, 5) is 17.7. The molecule has 1 fully saturated rings. The molecule has 1 aromatic heterocycles. The Kier molecular flexibility index (Phi) is 3.79. The smallest absolute Gasteiger partial charge is 0.308 e. The molecule has 0 amide bonds. The molecule has 0 radical (unpaired) electrons. The number of hydrogen-bond donors (Lipinski definition) is 1. The van der Waals surface area contributed by atoms with Crippen LogP contribution in [0, 0.1) is 11.8 Å². The summed E-state index contributed by atoms with van der Waals surface area (Å²) in [6.07, 6.45) is 0.971. The van der Waals surface area contributed by atoms with Gasteiger partial charge < -0.3 is 5.11 Å². The van der Waals surface area contributed by atoms with Crippen molar-refractivity contribution in [2.75, 3.05) is 13.1 Å². The molecular formula is C12H18N2O2S. The quantitative estimate of drug-likeness (QED) is 0.891. The molecule has 0 aromatic carbocycles. The van der Waals surface area contributed by atoms with Crippen molar-refractivity contribution in [3.05, 3.63) is 16.1 Å². The lowest BCUT2D eigenvalue weighted by Crippen LogP contribution is -2.23. The average molecular weight is 254 g/mol. The highest BCUT2D eigenvalue weighted by atomic mass is 32.1. The van der Waals surface area contributed by atoms with Gasteiger partial charge in [-0.1, -0.05) is 13.8 Å². The van der Waals surface area contributed by atoms with E-state index >= 15 is 0 Å². The van der Waals surface area contributed by atoms with Crippen molar-refractivity contribution in [2.45, 2.75) is 26.8 Å². The van der Waals surface area contributed by atoms with Crippen LogP contribution >= 0.6 is 11.3 Å². The Hall–Kier alpha value is -0.940. The van der Waals surface area contributed by atoms with E-state index in [0.717, 1.165) is 30.2 Å². The van der Waals surface area contributed by atoms with Crippen LogP contribution in [0.25, 0.3) is 0 Å². The van der Waals surface area contributed by atoms with Gasteiger partial charge in [0.15, 0.2) is 0 Å². The van der Waals surface area contributed by atoms with Gasteiger partial charge in [0, 0.05) is 25.0 Å². The van der Waals surface area contributed by atoms with E-state index in [9.17, 15) is 4.79 Å². The number of nitrogens with zero attached hydrogens (tertiary/aromatic N) is 2. The van der Waals surface area contributed by atoms with Crippen LogP contribution in [-0.2, 0) is 17.8 Å². The largest absolute Gasteiger partial charge is 0.481 e. The molecule has 1 saturated heterocycles. The minimum Gasteiger partial charge on any atom is -0.481 e. The number of aliphatic carboxylic acids is 1. The molecule has 1 N–H and O–H groups in total. The second-order valence-electron chi connectivity index (χ2n) is 4.70. The van der Waals surface area contributed by atoms with Gasteiger partial charge in [0.25, 0.3) is 0 Å². The third-order valence-electron chi connectivity index (χ3n) is 3.29. The van der Waals surface area contributed by atoms with Crippen LogP contribution in [0.4, 0.5) is 0 Å². The average Bonchev–Trinajstić information content (AvgIpc) is 2.85. The second-order valence-corrected chi connectivity index (χ2v) is 5.64. The zero-order chi connectivity index (χ0) is 12.4. The van der Waals surface area contributed by atoms with Crippen LogP contribution in [0.2, 0.25) is 0 Å². The highest BCUT2D eigenvalue weighted by molar-refractivity contribution is 7.09. The predicted molar refractivity (Wildman–Crippen MR) is 67.1 cm³/mol. The maximum absolute atomic E-state index is 11.0. The number of aryl methyl sites for hydroxylation is 1. The van der Waals surface area contributed by atoms with E-state index in [0.29, 0.717) is 6.54 Å². The van der Waals surface area contributed by atoms with Gasteiger partial charge in [0.1, 0.15) is 0 Å². The normalized spacial score (nSPS) is 25.3. The molecular weight excluding hydrogens is 236 g/mol. The van der Waals surface area contributed by atoms with Crippen LogP contribution in [0.3, 0.4) is 0 Å². The Labute approximate surface area is 105 Å². The Morgan fingerprint density at radius 2 is 2.41 bits per heavy atom.